The van der Waals surface area contributed by atoms with Crippen molar-refractivity contribution in [2.75, 3.05) is 11.2 Å². The van der Waals surface area contributed by atoms with Crippen molar-refractivity contribution in [2.24, 2.45) is 7.05 Å². The standard InChI is InChI=1S/C14H16ClN7O2/c1-8-6-10(17-11(23)4-3-5-15)22(20-8)14-18-12-9(13(24)19-14)7-16-21(12)2/h6-7H,3-5H2,1-2H3,(H,17,23)(H,18,19,24). The maximum absolute atomic E-state index is 12.2. The van der Waals surface area contributed by atoms with Crippen molar-refractivity contribution in [1.29, 1.82) is 0 Å². The number of hydrogen-bond acceptors (Lipinski definition) is 5. The first kappa shape index (κ1) is 16.2. The molecule has 126 valence electrons. The minimum Gasteiger partial charge on any atom is -0.310 e. The van der Waals surface area contributed by atoms with Gasteiger partial charge in [0.25, 0.3) is 5.56 Å². The van der Waals surface area contributed by atoms with Gasteiger partial charge in [-0.2, -0.15) is 19.9 Å². The third-order valence-electron chi connectivity index (χ3n) is 3.43. The van der Waals surface area contributed by atoms with E-state index in [1.807, 2.05) is 0 Å². The summed E-state index contributed by atoms with van der Waals surface area (Å²) in [7, 11) is 1.70. The first-order valence-corrected chi connectivity index (χ1v) is 7.88. The molecule has 0 aromatic carbocycles. The van der Waals surface area contributed by atoms with Crippen molar-refractivity contribution in [1.82, 2.24) is 29.5 Å². The third kappa shape index (κ3) is 3.02. The highest BCUT2D eigenvalue weighted by Crippen LogP contribution is 2.15. The number of aromatic nitrogens is 6. The number of aromatic amines is 1. The molecule has 0 saturated carbocycles. The quantitative estimate of drug-likeness (QED) is 0.670. The van der Waals surface area contributed by atoms with E-state index in [-0.39, 0.29) is 17.4 Å². The lowest BCUT2D eigenvalue weighted by Crippen LogP contribution is -2.19. The first-order valence-electron chi connectivity index (χ1n) is 7.34. The maximum atomic E-state index is 12.2. The number of carbonyl (C=O) groups excluding carboxylic acids is 1. The summed E-state index contributed by atoms with van der Waals surface area (Å²) in [5.41, 5.74) is 0.785. The Kier molecular flexibility index (Phi) is 4.34. The highest BCUT2D eigenvalue weighted by molar-refractivity contribution is 6.18. The zero-order valence-electron chi connectivity index (χ0n) is 13.2. The Morgan fingerprint density at radius 1 is 1.46 bits per heavy atom. The molecule has 0 fully saturated rings. The van der Waals surface area contributed by atoms with Gasteiger partial charge in [0.2, 0.25) is 11.9 Å². The van der Waals surface area contributed by atoms with Crippen LogP contribution in [-0.4, -0.2) is 41.3 Å². The van der Waals surface area contributed by atoms with Gasteiger partial charge in [-0.05, 0) is 13.3 Å². The molecular weight excluding hydrogens is 334 g/mol. The molecule has 3 rings (SSSR count). The molecule has 0 bridgehead atoms. The zero-order valence-corrected chi connectivity index (χ0v) is 14.0. The summed E-state index contributed by atoms with van der Waals surface area (Å²) in [6.07, 6.45) is 2.34. The molecule has 24 heavy (non-hydrogen) atoms. The summed E-state index contributed by atoms with van der Waals surface area (Å²) >= 11 is 5.60. The molecule has 2 N–H and O–H groups in total. The molecule has 0 aliphatic carbocycles. The van der Waals surface area contributed by atoms with Crippen molar-refractivity contribution in [3.8, 4) is 5.95 Å². The molecule has 3 aromatic heterocycles. The van der Waals surface area contributed by atoms with Crippen LogP contribution < -0.4 is 10.9 Å². The Labute approximate surface area is 141 Å². The largest absolute Gasteiger partial charge is 0.310 e. The van der Waals surface area contributed by atoms with Crippen molar-refractivity contribution >= 4 is 34.4 Å². The summed E-state index contributed by atoms with van der Waals surface area (Å²) in [6.45, 7) is 1.78. The average Bonchev–Trinajstić information content (AvgIpc) is 3.09. The fourth-order valence-corrected chi connectivity index (χ4v) is 2.44. The fraction of sp³-hybridized carbons (Fsp3) is 0.357. The Hall–Kier alpha value is -2.68. The van der Waals surface area contributed by atoms with Gasteiger partial charge in [0.1, 0.15) is 11.2 Å². The molecule has 0 aliphatic heterocycles. The van der Waals surface area contributed by atoms with Crippen LogP contribution in [0.5, 0.6) is 0 Å². The summed E-state index contributed by atoms with van der Waals surface area (Å²) in [5.74, 6) is 0.868. The highest BCUT2D eigenvalue weighted by Gasteiger charge is 2.15. The minimum absolute atomic E-state index is 0.180. The second-order valence-electron chi connectivity index (χ2n) is 5.32. The Bertz CT molecular complexity index is 956. The lowest BCUT2D eigenvalue weighted by Gasteiger charge is -2.08. The van der Waals surface area contributed by atoms with E-state index in [9.17, 15) is 9.59 Å². The number of hydrogen-bond donors (Lipinski definition) is 2. The van der Waals surface area contributed by atoms with Crippen LogP contribution in [0.2, 0.25) is 0 Å². The lowest BCUT2D eigenvalue weighted by molar-refractivity contribution is -0.116. The van der Waals surface area contributed by atoms with Crippen LogP contribution in [-0.2, 0) is 11.8 Å². The van der Waals surface area contributed by atoms with Crippen molar-refractivity contribution in [3.05, 3.63) is 28.3 Å². The number of rotatable bonds is 5. The predicted octanol–water partition coefficient (Wildman–Crippen LogP) is 1.11. The highest BCUT2D eigenvalue weighted by atomic mass is 35.5. The van der Waals surface area contributed by atoms with E-state index < -0.39 is 0 Å². The third-order valence-corrected chi connectivity index (χ3v) is 3.69. The van der Waals surface area contributed by atoms with Crippen LogP contribution in [0.3, 0.4) is 0 Å². The topological polar surface area (TPSA) is 110 Å². The normalized spacial score (nSPS) is 11.1. The van der Waals surface area contributed by atoms with Gasteiger partial charge in [-0.3, -0.25) is 19.3 Å². The zero-order chi connectivity index (χ0) is 17.3. The number of H-pyrrole nitrogens is 1. The fourth-order valence-electron chi connectivity index (χ4n) is 2.30. The number of nitrogens with zero attached hydrogens (tertiary/aromatic N) is 5. The summed E-state index contributed by atoms with van der Waals surface area (Å²) < 4.78 is 2.89. The van der Waals surface area contributed by atoms with E-state index in [1.165, 1.54) is 15.6 Å². The maximum Gasteiger partial charge on any atom is 0.263 e. The second-order valence-corrected chi connectivity index (χ2v) is 5.70. The smallest absolute Gasteiger partial charge is 0.263 e. The average molecular weight is 350 g/mol. The van der Waals surface area contributed by atoms with Crippen LogP contribution in [0, 0.1) is 6.92 Å². The van der Waals surface area contributed by atoms with Crippen molar-refractivity contribution < 1.29 is 4.79 Å². The summed E-state index contributed by atoms with van der Waals surface area (Å²) in [5, 5.41) is 11.5. The first-order chi connectivity index (χ1) is 11.5. The van der Waals surface area contributed by atoms with Gasteiger partial charge >= 0.3 is 0 Å². The number of alkyl halides is 1. The summed E-state index contributed by atoms with van der Waals surface area (Å²) in [4.78, 5) is 31.2. The molecule has 0 unspecified atom stereocenters. The molecular formula is C14H16ClN7O2. The van der Waals surface area contributed by atoms with Gasteiger partial charge in [-0.1, -0.05) is 0 Å². The predicted molar refractivity (Wildman–Crippen MR) is 89.6 cm³/mol. The monoisotopic (exact) mass is 349 g/mol. The van der Waals surface area contributed by atoms with Gasteiger partial charge in [-0.25, -0.2) is 0 Å². The molecule has 0 spiro atoms. The molecule has 0 atom stereocenters. The van der Waals surface area contributed by atoms with E-state index in [1.54, 1.807) is 20.0 Å². The van der Waals surface area contributed by atoms with E-state index in [0.717, 1.165) is 0 Å². The van der Waals surface area contributed by atoms with E-state index in [4.69, 9.17) is 11.6 Å². The van der Waals surface area contributed by atoms with Gasteiger partial charge < -0.3 is 5.32 Å². The van der Waals surface area contributed by atoms with Crippen LogP contribution in [0.4, 0.5) is 5.82 Å². The van der Waals surface area contributed by atoms with Gasteiger partial charge in [-0.15, -0.1) is 11.6 Å². The van der Waals surface area contributed by atoms with E-state index in [0.29, 0.717) is 41.3 Å². The Morgan fingerprint density at radius 2 is 2.25 bits per heavy atom. The number of halogens is 1. The van der Waals surface area contributed by atoms with Crippen LogP contribution >= 0.6 is 11.6 Å². The van der Waals surface area contributed by atoms with Gasteiger partial charge in [0.05, 0.1) is 11.9 Å². The Morgan fingerprint density at radius 3 is 3.00 bits per heavy atom. The molecule has 9 nitrogen and oxygen atoms in total. The van der Waals surface area contributed by atoms with Crippen LogP contribution in [0.15, 0.2) is 17.1 Å². The molecule has 10 heteroatoms. The van der Waals surface area contributed by atoms with Gasteiger partial charge in [0.15, 0.2) is 5.65 Å². The number of aryl methyl sites for hydroxylation is 2. The molecule has 0 radical (unpaired) electrons. The molecule has 3 aromatic rings. The second kappa shape index (κ2) is 6.44. The number of nitrogens with one attached hydrogen (secondary N) is 2. The number of fused-ring (bicyclic) bond motifs is 1. The van der Waals surface area contributed by atoms with E-state index >= 15 is 0 Å². The molecule has 0 aliphatic rings. The van der Waals surface area contributed by atoms with Crippen LogP contribution in [0.25, 0.3) is 17.0 Å². The summed E-state index contributed by atoms with van der Waals surface area (Å²) in [6, 6.07) is 1.70. The Balaban J connectivity index is 2.02. The number of anilines is 1. The minimum atomic E-state index is -0.323. The lowest BCUT2D eigenvalue weighted by atomic mass is 10.3. The van der Waals surface area contributed by atoms with E-state index in [2.05, 4.69) is 25.5 Å². The van der Waals surface area contributed by atoms with Gasteiger partial charge in [0, 0.05) is 25.4 Å². The number of amides is 1. The van der Waals surface area contributed by atoms with Crippen molar-refractivity contribution in [3.63, 3.8) is 0 Å². The molecule has 3 heterocycles. The SMILES string of the molecule is Cc1cc(NC(=O)CCCCl)n(-c2nc3c(cnn3C)c(=O)[nH]2)n1. The molecule has 1 amide bonds. The number of carbonyl (C=O) groups is 1. The van der Waals surface area contributed by atoms with Crippen LogP contribution in [0.1, 0.15) is 18.5 Å². The van der Waals surface area contributed by atoms with Crippen molar-refractivity contribution in [2.45, 2.75) is 19.8 Å². The molecule has 0 saturated heterocycles.